The fourth-order valence-corrected chi connectivity index (χ4v) is 4.14. The van der Waals surface area contributed by atoms with E-state index in [0.717, 1.165) is 11.0 Å². The smallest absolute Gasteiger partial charge is 0.336 e. The number of carbonyl (C=O) groups is 4. The summed E-state index contributed by atoms with van der Waals surface area (Å²) in [6.45, 7) is 1.90. The summed E-state index contributed by atoms with van der Waals surface area (Å²) in [5.74, 6) is -3.53. The maximum Gasteiger partial charge on any atom is 0.336 e. The molecule has 0 bridgehead atoms. The van der Waals surface area contributed by atoms with Gasteiger partial charge in [0.15, 0.2) is 0 Å². The highest BCUT2D eigenvalue weighted by atomic mass is 32.2. The largest absolute Gasteiger partial charge is 0.478 e. The number of carboxylic acid groups (broad SMARTS) is 2. The van der Waals surface area contributed by atoms with Crippen molar-refractivity contribution in [3.8, 4) is 0 Å². The van der Waals surface area contributed by atoms with E-state index in [4.69, 9.17) is 5.11 Å². The highest BCUT2D eigenvalue weighted by Crippen LogP contribution is 2.29. The Kier molecular flexibility index (Phi) is 8.05. The third-order valence-electron chi connectivity index (χ3n) is 4.82. The molecule has 0 heterocycles. The number of carbonyl (C=O) groups excluding carboxylic acids is 2. The highest BCUT2D eigenvalue weighted by Gasteiger charge is 2.21. The van der Waals surface area contributed by atoms with Gasteiger partial charge in [-0.1, -0.05) is 31.2 Å². The first kappa shape index (κ1) is 24.5. The molecule has 1 unspecified atom stereocenters. The maximum atomic E-state index is 12.7. The van der Waals surface area contributed by atoms with Gasteiger partial charge < -0.3 is 20.8 Å². The summed E-state index contributed by atoms with van der Waals surface area (Å²) in [7, 11) is 0. The number of aromatic carboxylic acids is 2. The summed E-state index contributed by atoms with van der Waals surface area (Å²) in [5.41, 5.74) is 0.310. The third kappa shape index (κ3) is 6.23. The minimum absolute atomic E-state index is 0.141. The lowest BCUT2D eigenvalue weighted by molar-refractivity contribution is -0.115. The Bertz CT molecular complexity index is 1230. The van der Waals surface area contributed by atoms with Crippen molar-refractivity contribution in [3.63, 3.8) is 0 Å². The molecule has 0 fully saturated rings. The van der Waals surface area contributed by atoms with Crippen molar-refractivity contribution in [3.05, 3.63) is 89.5 Å². The lowest BCUT2D eigenvalue weighted by atomic mass is 10.0. The van der Waals surface area contributed by atoms with Crippen molar-refractivity contribution in [1.82, 2.24) is 0 Å². The van der Waals surface area contributed by atoms with E-state index in [1.807, 2.05) is 31.2 Å². The molecule has 8 nitrogen and oxygen atoms in total. The lowest BCUT2D eigenvalue weighted by Crippen LogP contribution is -2.24. The minimum Gasteiger partial charge on any atom is -0.478 e. The highest BCUT2D eigenvalue weighted by molar-refractivity contribution is 8.00. The molecule has 0 radical (unpaired) electrons. The number of rotatable bonds is 9. The molecule has 1 atom stereocenters. The Balaban J connectivity index is 1.74. The van der Waals surface area contributed by atoms with Gasteiger partial charge >= 0.3 is 11.9 Å². The maximum absolute atomic E-state index is 12.7. The summed E-state index contributed by atoms with van der Waals surface area (Å²) >= 11 is 1.34. The standard InChI is InChI=1S/C25H22N2O6S/c1-2-21(23(29)26-16-7-4-3-5-8-16)34-18-10-6-9-17(14-18)27-22(28)19-12-11-15(24(30)31)13-20(19)25(32)33/h3-14,21H,2H2,1H3,(H,26,29)(H,27,28)(H,30,31)(H,32,33). The van der Waals surface area contributed by atoms with Crippen molar-refractivity contribution in [2.24, 2.45) is 0 Å². The Morgan fingerprint density at radius 1 is 0.794 bits per heavy atom. The van der Waals surface area contributed by atoms with Gasteiger partial charge in [-0.2, -0.15) is 0 Å². The summed E-state index contributed by atoms with van der Waals surface area (Å²) in [6, 6.07) is 19.3. The van der Waals surface area contributed by atoms with Crippen LogP contribution >= 0.6 is 11.8 Å². The first-order chi connectivity index (χ1) is 16.3. The topological polar surface area (TPSA) is 133 Å². The summed E-state index contributed by atoms with van der Waals surface area (Å²) in [6.07, 6.45) is 0.581. The predicted molar refractivity (Wildman–Crippen MR) is 130 cm³/mol. The number of para-hydroxylation sites is 1. The molecule has 0 saturated carbocycles. The molecule has 0 saturated heterocycles. The second-order valence-corrected chi connectivity index (χ2v) is 8.50. The number of hydrogen-bond donors (Lipinski definition) is 4. The molecule has 2 amide bonds. The van der Waals surface area contributed by atoms with Gasteiger partial charge in [0.1, 0.15) is 0 Å². The second-order valence-electron chi connectivity index (χ2n) is 7.22. The van der Waals surface area contributed by atoms with Crippen molar-refractivity contribution in [2.75, 3.05) is 10.6 Å². The zero-order valence-electron chi connectivity index (χ0n) is 18.1. The molecule has 3 aromatic carbocycles. The normalized spacial score (nSPS) is 11.3. The number of benzene rings is 3. The molecule has 3 aromatic rings. The van der Waals surface area contributed by atoms with Crippen molar-refractivity contribution in [1.29, 1.82) is 0 Å². The number of nitrogens with one attached hydrogen (secondary N) is 2. The quantitative estimate of drug-likeness (QED) is 0.323. The molecule has 0 aromatic heterocycles. The van der Waals surface area contributed by atoms with E-state index in [1.54, 1.807) is 30.3 Å². The van der Waals surface area contributed by atoms with E-state index in [2.05, 4.69) is 10.6 Å². The Hall–Kier alpha value is -4.11. The molecule has 9 heteroatoms. The molecular weight excluding hydrogens is 456 g/mol. The zero-order valence-corrected chi connectivity index (χ0v) is 19.0. The van der Waals surface area contributed by atoms with Crippen LogP contribution in [-0.2, 0) is 4.79 Å². The van der Waals surface area contributed by atoms with E-state index >= 15 is 0 Å². The third-order valence-corrected chi connectivity index (χ3v) is 6.17. The van der Waals surface area contributed by atoms with Gasteiger partial charge in [0.25, 0.3) is 5.91 Å². The Morgan fingerprint density at radius 2 is 1.50 bits per heavy atom. The van der Waals surface area contributed by atoms with Crippen LogP contribution in [0.25, 0.3) is 0 Å². The number of anilines is 2. The van der Waals surface area contributed by atoms with Crippen LogP contribution in [0.5, 0.6) is 0 Å². The van der Waals surface area contributed by atoms with E-state index in [9.17, 15) is 24.3 Å². The van der Waals surface area contributed by atoms with Gasteiger partial charge in [0.2, 0.25) is 5.91 Å². The van der Waals surface area contributed by atoms with Gasteiger partial charge in [-0.15, -0.1) is 11.8 Å². The number of thioether (sulfide) groups is 1. The van der Waals surface area contributed by atoms with Crippen LogP contribution in [0.1, 0.15) is 44.4 Å². The minimum atomic E-state index is -1.41. The fourth-order valence-electron chi connectivity index (χ4n) is 3.13. The molecule has 0 aliphatic carbocycles. The number of carboxylic acids is 2. The van der Waals surface area contributed by atoms with Crippen LogP contribution in [0.4, 0.5) is 11.4 Å². The van der Waals surface area contributed by atoms with E-state index < -0.39 is 23.4 Å². The summed E-state index contributed by atoms with van der Waals surface area (Å²) < 4.78 is 0. The van der Waals surface area contributed by atoms with Crippen molar-refractivity contribution in [2.45, 2.75) is 23.5 Å². The molecule has 174 valence electrons. The van der Waals surface area contributed by atoms with Crippen LogP contribution in [0.15, 0.2) is 77.7 Å². The van der Waals surface area contributed by atoms with Gasteiger partial charge in [-0.3, -0.25) is 9.59 Å². The van der Waals surface area contributed by atoms with Crippen molar-refractivity contribution < 1.29 is 29.4 Å². The van der Waals surface area contributed by atoms with E-state index in [-0.39, 0.29) is 22.3 Å². The second kappa shape index (κ2) is 11.2. The Labute approximate surface area is 200 Å². The fraction of sp³-hybridized carbons (Fsp3) is 0.120. The molecule has 4 N–H and O–H groups in total. The monoisotopic (exact) mass is 478 g/mol. The lowest BCUT2D eigenvalue weighted by Gasteiger charge is -2.15. The molecule has 0 spiro atoms. The number of amides is 2. The summed E-state index contributed by atoms with van der Waals surface area (Å²) in [4.78, 5) is 48.8. The van der Waals surface area contributed by atoms with Crippen LogP contribution in [0.3, 0.4) is 0 Å². The molecule has 34 heavy (non-hydrogen) atoms. The van der Waals surface area contributed by atoms with E-state index in [0.29, 0.717) is 17.8 Å². The molecule has 0 aliphatic rings. The van der Waals surface area contributed by atoms with Gasteiger partial charge in [-0.05, 0) is 55.0 Å². The van der Waals surface area contributed by atoms with E-state index in [1.165, 1.54) is 23.9 Å². The SMILES string of the molecule is CCC(Sc1cccc(NC(=O)c2ccc(C(=O)O)cc2C(=O)O)c1)C(=O)Nc1ccccc1. The average molecular weight is 479 g/mol. The van der Waals surface area contributed by atoms with Gasteiger partial charge in [-0.25, -0.2) is 9.59 Å². The average Bonchev–Trinajstić information content (AvgIpc) is 2.82. The first-order valence-corrected chi connectivity index (χ1v) is 11.2. The van der Waals surface area contributed by atoms with Crippen LogP contribution in [0, 0.1) is 0 Å². The molecular formula is C25H22N2O6S. The zero-order chi connectivity index (χ0) is 24.7. The summed E-state index contributed by atoms with van der Waals surface area (Å²) in [5, 5.41) is 23.6. The van der Waals surface area contributed by atoms with Crippen LogP contribution < -0.4 is 10.6 Å². The predicted octanol–water partition coefficient (Wildman–Crippen LogP) is 4.84. The van der Waals surface area contributed by atoms with Crippen LogP contribution in [0.2, 0.25) is 0 Å². The first-order valence-electron chi connectivity index (χ1n) is 10.3. The van der Waals surface area contributed by atoms with Crippen LogP contribution in [-0.4, -0.2) is 39.2 Å². The Morgan fingerprint density at radius 3 is 2.15 bits per heavy atom. The van der Waals surface area contributed by atoms with Gasteiger partial charge in [0, 0.05) is 16.3 Å². The molecule has 0 aliphatic heterocycles. The van der Waals surface area contributed by atoms with Crippen molar-refractivity contribution >= 4 is 46.9 Å². The van der Waals surface area contributed by atoms with Gasteiger partial charge in [0.05, 0.1) is 21.9 Å². The number of hydrogen-bond acceptors (Lipinski definition) is 5. The molecule has 3 rings (SSSR count).